The van der Waals surface area contributed by atoms with Crippen LogP contribution in [0, 0.1) is 13.8 Å². The Labute approximate surface area is 182 Å². The van der Waals surface area contributed by atoms with Crippen LogP contribution >= 0.6 is 11.6 Å². The lowest BCUT2D eigenvalue weighted by Gasteiger charge is -2.24. The summed E-state index contributed by atoms with van der Waals surface area (Å²) >= 11 is 5.95. The van der Waals surface area contributed by atoms with Gasteiger partial charge in [-0.15, -0.1) is 0 Å². The van der Waals surface area contributed by atoms with Crippen LogP contribution in [0.25, 0.3) is 0 Å². The van der Waals surface area contributed by atoms with Gasteiger partial charge in [-0.2, -0.15) is 0 Å². The lowest BCUT2D eigenvalue weighted by molar-refractivity contribution is -0.119. The van der Waals surface area contributed by atoms with Crippen molar-refractivity contribution in [3.05, 3.63) is 94.5 Å². The van der Waals surface area contributed by atoms with Gasteiger partial charge in [0.05, 0.1) is 10.6 Å². The number of rotatable bonds is 7. The molecule has 0 saturated heterocycles. The predicted molar refractivity (Wildman–Crippen MR) is 120 cm³/mol. The fraction of sp³-hybridized carbons (Fsp3) is 0.174. The Bertz CT molecular complexity index is 1130. The van der Waals surface area contributed by atoms with E-state index in [4.69, 9.17) is 11.6 Å². The molecule has 5 nitrogen and oxygen atoms in total. The van der Waals surface area contributed by atoms with Crippen molar-refractivity contribution >= 4 is 33.2 Å². The summed E-state index contributed by atoms with van der Waals surface area (Å²) in [4.78, 5) is 12.8. The highest BCUT2D eigenvalue weighted by Gasteiger charge is 2.27. The van der Waals surface area contributed by atoms with Crippen LogP contribution in [-0.2, 0) is 21.4 Å². The number of nitrogens with one attached hydrogen (secondary N) is 1. The summed E-state index contributed by atoms with van der Waals surface area (Å²) < 4.78 is 27.7. The average Bonchev–Trinajstić information content (AvgIpc) is 2.71. The summed E-state index contributed by atoms with van der Waals surface area (Å²) in [7, 11) is -3.94. The number of carbonyl (C=O) groups excluding carboxylic acids is 1. The molecule has 0 aromatic heterocycles. The molecular weight excluding hydrogens is 420 g/mol. The first-order valence-electron chi connectivity index (χ1n) is 9.43. The van der Waals surface area contributed by atoms with Crippen LogP contribution in [-0.4, -0.2) is 20.9 Å². The van der Waals surface area contributed by atoms with Gasteiger partial charge in [0.25, 0.3) is 10.0 Å². The maximum absolute atomic E-state index is 13.3. The summed E-state index contributed by atoms with van der Waals surface area (Å²) in [6, 6.07) is 20.7. The first kappa shape index (κ1) is 21.9. The lowest BCUT2D eigenvalue weighted by Crippen LogP contribution is -2.40. The number of aryl methyl sites for hydroxylation is 2. The summed E-state index contributed by atoms with van der Waals surface area (Å²) in [6.07, 6.45) is 0. The highest BCUT2D eigenvalue weighted by atomic mass is 35.5. The molecule has 0 fully saturated rings. The molecule has 156 valence electrons. The number of halogens is 1. The number of nitrogens with zero attached hydrogens (tertiary/aromatic N) is 1. The molecule has 0 unspecified atom stereocenters. The first-order valence-corrected chi connectivity index (χ1v) is 11.2. The van der Waals surface area contributed by atoms with Crippen molar-refractivity contribution in [1.29, 1.82) is 0 Å². The summed E-state index contributed by atoms with van der Waals surface area (Å²) in [5.41, 5.74) is 3.35. The quantitative estimate of drug-likeness (QED) is 0.587. The normalized spacial score (nSPS) is 11.2. The van der Waals surface area contributed by atoms with E-state index < -0.39 is 15.9 Å². The van der Waals surface area contributed by atoms with E-state index in [2.05, 4.69) is 5.32 Å². The van der Waals surface area contributed by atoms with Crippen LogP contribution in [0.3, 0.4) is 0 Å². The van der Waals surface area contributed by atoms with Crippen LogP contribution in [0.2, 0.25) is 5.02 Å². The second kappa shape index (κ2) is 9.32. The van der Waals surface area contributed by atoms with Crippen molar-refractivity contribution in [2.24, 2.45) is 0 Å². The molecule has 0 heterocycles. The van der Waals surface area contributed by atoms with E-state index in [0.29, 0.717) is 17.3 Å². The van der Waals surface area contributed by atoms with Crippen molar-refractivity contribution in [3.63, 3.8) is 0 Å². The fourth-order valence-corrected chi connectivity index (χ4v) is 4.52. The monoisotopic (exact) mass is 442 g/mol. The SMILES string of the molecule is Cc1ccc(S(=O)(=O)N(CC(=O)NCc2cccc(C)c2)c2ccc(Cl)cc2)cc1. The van der Waals surface area contributed by atoms with Crippen LogP contribution in [0.15, 0.2) is 77.7 Å². The first-order chi connectivity index (χ1) is 14.3. The van der Waals surface area contributed by atoms with Gasteiger partial charge in [0.1, 0.15) is 6.54 Å². The van der Waals surface area contributed by atoms with Gasteiger partial charge in [-0.3, -0.25) is 9.10 Å². The van der Waals surface area contributed by atoms with Crippen molar-refractivity contribution < 1.29 is 13.2 Å². The van der Waals surface area contributed by atoms with Crippen LogP contribution in [0.5, 0.6) is 0 Å². The van der Waals surface area contributed by atoms with Crippen LogP contribution < -0.4 is 9.62 Å². The maximum Gasteiger partial charge on any atom is 0.264 e. The van der Waals surface area contributed by atoms with E-state index in [1.165, 1.54) is 12.1 Å². The third-order valence-corrected chi connectivity index (χ3v) is 6.62. The molecule has 3 aromatic carbocycles. The van der Waals surface area contributed by atoms with Gasteiger partial charge >= 0.3 is 0 Å². The minimum absolute atomic E-state index is 0.120. The molecule has 0 spiro atoms. The maximum atomic E-state index is 13.3. The number of anilines is 1. The van der Waals surface area contributed by atoms with E-state index in [1.807, 2.05) is 38.1 Å². The zero-order chi connectivity index (χ0) is 21.7. The Morgan fingerprint density at radius 1 is 0.933 bits per heavy atom. The fourth-order valence-electron chi connectivity index (χ4n) is 2.97. The third kappa shape index (κ3) is 5.40. The van der Waals surface area contributed by atoms with Crippen molar-refractivity contribution in [2.75, 3.05) is 10.8 Å². The van der Waals surface area contributed by atoms with E-state index in [-0.39, 0.29) is 11.4 Å². The third-order valence-electron chi connectivity index (χ3n) is 4.58. The minimum atomic E-state index is -3.94. The number of amides is 1. The molecule has 1 amide bonds. The van der Waals surface area contributed by atoms with E-state index in [0.717, 1.165) is 21.0 Å². The minimum Gasteiger partial charge on any atom is -0.350 e. The Morgan fingerprint density at radius 2 is 1.60 bits per heavy atom. The van der Waals surface area contributed by atoms with Gasteiger partial charge in [0, 0.05) is 11.6 Å². The van der Waals surface area contributed by atoms with Crippen LogP contribution in [0.4, 0.5) is 5.69 Å². The zero-order valence-electron chi connectivity index (χ0n) is 16.8. The Hall–Kier alpha value is -2.83. The van der Waals surface area contributed by atoms with E-state index in [9.17, 15) is 13.2 Å². The number of hydrogen-bond donors (Lipinski definition) is 1. The molecular formula is C23H23ClN2O3S. The summed E-state index contributed by atoms with van der Waals surface area (Å²) in [6.45, 7) is 3.83. The molecule has 7 heteroatoms. The van der Waals surface area contributed by atoms with Gasteiger partial charge in [-0.25, -0.2) is 8.42 Å². The van der Waals surface area contributed by atoms with Crippen molar-refractivity contribution in [2.45, 2.75) is 25.3 Å². The number of benzene rings is 3. The van der Waals surface area contributed by atoms with Crippen molar-refractivity contribution in [1.82, 2.24) is 5.32 Å². The molecule has 0 saturated carbocycles. The zero-order valence-corrected chi connectivity index (χ0v) is 18.4. The van der Waals surface area contributed by atoms with Crippen LogP contribution in [0.1, 0.15) is 16.7 Å². The Balaban J connectivity index is 1.85. The molecule has 0 radical (unpaired) electrons. The average molecular weight is 443 g/mol. The standard InChI is InChI=1S/C23H23ClN2O3S/c1-17-6-12-22(13-7-17)30(28,29)26(21-10-8-20(24)9-11-21)16-23(27)25-15-19-5-3-4-18(2)14-19/h3-14H,15-16H2,1-2H3,(H,25,27). The van der Waals surface area contributed by atoms with E-state index >= 15 is 0 Å². The van der Waals surface area contributed by atoms with E-state index in [1.54, 1.807) is 36.4 Å². The second-order valence-corrected chi connectivity index (χ2v) is 9.37. The molecule has 1 N–H and O–H groups in total. The highest BCUT2D eigenvalue weighted by Crippen LogP contribution is 2.25. The molecule has 0 aliphatic carbocycles. The molecule has 0 aliphatic heterocycles. The van der Waals surface area contributed by atoms with Gasteiger partial charge in [-0.1, -0.05) is 59.1 Å². The number of hydrogen-bond acceptors (Lipinski definition) is 3. The summed E-state index contributed by atoms with van der Waals surface area (Å²) in [5.74, 6) is -0.401. The lowest BCUT2D eigenvalue weighted by atomic mass is 10.1. The molecule has 0 atom stereocenters. The topological polar surface area (TPSA) is 66.5 Å². The smallest absolute Gasteiger partial charge is 0.264 e. The van der Waals surface area contributed by atoms with Gasteiger partial charge in [0.2, 0.25) is 5.91 Å². The second-order valence-electron chi connectivity index (χ2n) is 7.07. The summed E-state index contributed by atoms with van der Waals surface area (Å²) in [5, 5.41) is 3.28. The molecule has 3 aromatic rings. The van der Waals surface area contributed by atoms with Gasteiger partial charge in [-0.05, 0) is 55.8 Å². The molecule has 0 bridgehead atoms. The largest absolute Gasteiger partial charge is 0.350 e. The number of sulfonamides is 1. The highest BCUT2D eigenvalue weighted by molar-refractivity contribution is 7.92. The van der Waals surface area contributed by atoms with Gasteiger partial charge < -0.3 is 5.32 Å². The Kier molecular flexibility index (Phi) is 6.80. The number of carbonyl (C=O) groups is 1. The predicted octanol–water partition coefficient (Wildman–Crippen LogP) is 4.47. The molecule has 3 rings (SSSR count). The Morgan fingerprint density at radius 3 is 2.23 bits per heavy atom. The molecule has 0 aliphatic rings. The van der Waals surface area contributed by atoms with Gasteiger partial charge in [0.15, 0.2) is 0 Å². The molecule has 30 heavy (non-hydrogen) atoms. The van der Waals surface area contributed by atoms with Crippen molar-refractivity contribution in [3.8, 4) is 0 Å².